The van der Waals surface area contributed by atoms with Gasteiger partial charge in [0.1, 0.15) is 11.0 Å². The van der Waals surface area contributed by atoms with E-state index in [1.165, 1.54) is 12.3 Å². The van der Waals surface area contributed by atoms with Crippen LogP contribution in [0.4, 0.5) is 0 Å². The van der Waals surface area contributed by atoms with E-state index in [2.05, 4.69) is 14.6 Å². The van der Waals surface area contributed by atoms with Crippen LogP contribution in [0.3, 0.4) is 0 Å². The Bertz CT molecular complexity index is 389. The number of hydrogen-bond donors (Lipinski definition) is 1. The zero-order valence-corrected chi connectivity index (χ0v) is 7.22. The van der Waals surface area contributed by atoms with Crippen molar-refractivity contribution in [3.63, 3.8) is 0 Å². The number of H-pyrrole nitrogens is 1. The van der Waals surface area contributed by atoms with Crippen molar-refractivity contribution < 1.29 is 13.2 Å². The highest BCUT2D eigenvalue weighted by molar-refractivity contribution is 8.71. The molecule has 0 fully saturated rings. The highest BCUT2D eigenvalue weighted by Gasteiger charge is 2.17. The van der Waals surface area contributed by atoms with Crippen molar-refractivity contribution in [1.29, 1.82) is 0 Å². The molecule has 0 saturated heterocycles. The van der Waals surface area contributed by atoms with Gasteiger partial charge in [-0.2, -0.15) is 5.10 Å². The molecular formula is C4H3N3O3S2. The fourth-order valence-electron chi connectivity index (χ4n) is 0.488. The maximum Gasteiger partial charge on any atom is 0.270 e. The maximum atomic E-state index is 11.1. The molecule has 0 amide bonds. The SMILES string of the molecule is O=C=NSS(=O)(=O)c1cc[nH]n1. The molecule has 0 spiro atoms. The summed E-state index contributed by atoms with van der Waals surface area (Å²) in [5.41, 5.74) is 0. The maximum absolute atomic E-state index is 11.1. The Morgan fingerprint density at radius 2 is 2.42 bits per heavy atom. The van der Waals surface area contributed by atoms with Crippen LogP contribution >= 0.6 is 11.0 Å². The number of nitrogens with zero attached hydrogens (tertiary/aromatic N) is 2. The van der Waals surface area contributed by atoms with E-state index in [1.54, 1.807) is 0 Å². The largest absolute Gasteiger partial charge is 0.284 e. The quantitative estimate of drug-likeness (QED) is 0.326. The summed E-state index contributed by atoms with van der Waals surface area (Å²) in [7, 11) is -3.51. The standard InChI is InChI=1S/C4H3N3O3S2/c8-3-6-11-12(9,10)4-1-2-5-7-4/h1-2H,(H,5,7). The first-order chi connectivity index (χ1) is 5.67. The summed E-state index contributed by atoms with van der Waals surface area (Å²) in [6.45, 7) is 0. The Labute approximate surface area is 71.5 Å². The second-order valence-electron chi connectivity index (χ2n) is 1.62. The van der Waals surface area contributed by atoms with Gasteiger partial charge in [0.05, 0.1) is 0 Å². The van der Waals surface area contributed by atoms with Crippen LogP contribution in [0.25, 0.3) is 0 Å². The summed E-state index contributed by atoms with van der Waals surface area (Å²) in [5, 5.41) is 5.59. The zero-order chi connectivity index (χ0) is 9.03. The van der Waals surface area contributed by atoms with Crippen LogP contribution in [0.2, 0.25) is 0 Å². The lowest BCUT2D eigenvalue weighted by Gasteiger charge is -1.89. The predicted molar refractivity (Wildman–Crippen MR) is 41.5 cm³/mol. The van der Waals surface area contributed by atoms with E-state index in [4.69, 9.17) is 0 Å². The molecule has 0 aliphatic heterocycles. The Morgan fingerprint density at radius 1 is 1.67 bits per heavy atom. The smallest absolute Gasteiger partial charge is 0.270 e. The minimum absolute atomic E-state index is 0.128. The van der Waals surface area contributed by atoms with E-state index in [0.717, 1.165) is 6.08 Å². The van der Waals surface area contributed by atoms with Gasteiger partial charge in [0, 0.05) is 6.20 Å². The summed E-state index contributed by atoms with van der Waals surface area (Å²) >= 11 is 0. The Hall–Kier alpha value is -1.11. The van der Waals surface area contributed by atoms with E-state index >= 15 is 0 Å². The molecule has 0 radical (unpaired) electrons. The first kappa shape index (κ1) is 8.98. The van der Waals surface area contributed by atoms with E-state index in [1.807, 2.05) is 0 Å². The molecule has 1 N–H and O–H groups in total. The normalized spacial score (nSPS) is 10.7. The number of nitrogens with one attached hydrogen (secondary N) is 1. The molecule has 0 saturated carbocycles. The van der Waals surface area contributed by atoms with E-state index in [9.17, 15) is 13.2 Å². The Kier molecular flexibility index (Phi) is 2.64. The lowest BCUT2D eigenvalue weighted by atomic mass is 10.8. The molecule has 0 aliphatic rings. The summed E-state index contributed by atoms with van der Waals surface area (Å²) in [6.07, 6.45) is 2.47. The Morgan fingerprint density at radius 3 is 2.92 bits per heavy atom. The van der Waals surface area contributed by atoms with E-state index in [0.29, 0.717) is 0 Å². The van der Waals surface area contributed by atoms with Crippen molar-refractivity contribution >= 4 is 25.9 Å². The third-order valence-corrected chi connectivity index (χ3v) is 3.31. The lowest BCUT2D eigenvalue weighted by molar-refractivity contribution is 0.566. The molecule has 0 unspecified atom stereocenters. The van der Waals surface area contributed by atoms with Gasteiger partial charge in [-0.25, -0.2) is 13.2 Å². The molecule has 64 valence electrons. The molecule has 12 heavy (non-hydrogen) atoms. The zero-order valence-electron chi connectivity index (χ0n) is 5.59. The highest BCUT2D eigenvalue weighted by atomic mass is 33.1. The molecular weight excluding hydrogens is 202 g/mol. The number of aromatic amines is 1. The van der Waals surface area contributed by atoms with Crippen LogP contribution in [0.15, 0.2) is 21.7 Å². The molecule has 0 aromatic carbocycles. The molecule has 1 rings (SSSR count). The monoisotopic (exact) mass is 205 g/mol. The van der Waals surface area contributed by atoms with Gasteiger partial charge in [-0.3, -0.25) is 5.10 Å². The van der Waals surface area contributed by atoms with Gasteiger partial charge in [-0.15, -0.1) is 4.40 Å². The molecule has 0 aliphatic carbocycles. The summed E-state index contributed by atoms with van der Waals surface area (Å²) < 4.78 is 25.0. The third kappa shape index (κ3) is 1.94. The van der Waals surface area contributed by atoms with Gasteiger partial charge in [0.15, 0.2) is 5.03 Å². The third-order valence-electron chi connectivity index (χ3n) is 0.904. The van der Waals surface area contributed by atoms with E-state index in [-0.39, 0.29) is 16.0 Å². The second-order valence-corrected chi connectivity index (χ2v) is 5.05. The second kappa shape index (κ2) is 3.53. The number of carbonyl (C=O) groups excluding carboxylic acids is 1. The fraction of sp³-hybridized carbons (Fsp3) is 0. The van der Waals surface area contributed by atoms with Crippen molar-refractivity contribution in [2.24, 2.45) is 4.40 Å². The molecule has 1 heterocycles. The highest BCUT2D eigenvalue weighted by Crippen LogP contribution is 2.20. The number of rotatable bonds is 3. The summed E-state index contributed by atoms with van der Waals surface area (Å²) in [6, 6.07) is 1.27. The fourth-order valence-corrected chi connectivity index (χ4v) is 1.99. The van der Waals surface area contributed by atoms with Gasteiger partial charge >= 0.3 is 0 Å². The van der Waals surface area contributed by atoms with Crippen molar-refractivity contribution in [2.45, 2.75) is 5.03 Å². The molecule has 6 nitrogen and oxygen atoms in total. The van der Waals surface area contributed by atoms with Gasteiger partial charge in [-0.05, 0) is 6.07 Å². The van der Waals surface area contributed by atoms with Gasteiger partial charge in [-0.1, -0.05) is 0 Å². The average Bonchev–Trinajstić information content (AvgIpc) is 2.53. The summed E-state index contributed by atoms with van der Waals surface area (Å²) in [5.74, 6) is 0. The van der Waals surface area contributed by atoms with E-state index < -0.39 is 8.87 Å². The van der Waals surface area contributed by atoms with Gasteiger partial charge in [0.25, 0.3) is 8.87 Å². The van der Waals surface area contributed by atoms with Crippen molar-refractivity contribution in [1.82, 2.24) is 10.2 Å². The average molecular weight is 205 g/mol. The lowest BCUT2D eigenvalue weighted by Crippen LogP contribution is -1.93. The first-order valence-electron chi connectivity index (χ1n) is 2.67. The van der Waals surface area contributed by atoms with Crippen LogP contribution in [-0.2, 0) is 13.7 Å². The number of isocyanates is 1. The molecule has 1 aromatic heterocycles. The molecule has 0 bridgehead atoms. The van der Waals surface area contributed by atoms with Crippen LogP contribution in [-0.4, -0.2) is 24.7 Å². The Balaban J connectivity index is 2.95. The van der Waals surface area contributed by atoms with Gasteiger partial charge in [0.2, 0.25) is 6.08 Å². The minimum atomic E-state index is -3.63. The van der Waals surface area contributed by atoms with Crippen LogP contribution in [0, 0.1) is 0 Å². The van der Waals surface area contributed by atoms with Crippen LogP contribution < -0.4 is 0 Å². The molecule has 1 aromatic rings. The molecule has 0 atom stereocenters. The minimum Gasteiger partial charge on any atom is -0.284 e. The number of hydrogen-bond acceptors (Lipinski definition) is 6. The predicted octanol–water partition coefficient (Wildman–Crippen LogP) is 0.0824. The van der Waals surface area contributed by atoms with Crippen molar-refractivity contribution in [3.8, 4) is 0 Å². The van der Waals surface area contributed by atoms with Crippen LogP contribution in [0.1, 0.15) is 0 Å². The van der Waals surface area contributed by atoms with Crippen molar-refractivity contribution in [3.05, 3.63) is 12.3 Å². The topological polar surface area (TPSA) is 92.2 Å². The number of aromatic nitrogens is 2. The van der Waals surface area contributed by atoms with Crippen molar-refractivity contribution in [2.75, 3.05) is 0 Å². The molecule has 8 heteroatoms. The first-order valence-corrected chi connectivity index (χ1v) is 5.45. The van der Waals surface area contributed by atoms with Crippen LogP contribution in [0.5, 0.6) is 0 Å². The summed E-state index contributed by atoms with van der Waals surface area (Å²) in [4.78, 5) is 9.62. The van der Waals surface area contributed by atoms with Gasteiger partial charge < -0.3 is 0 Å².